The number of benzene rings is 2. The molecule has 204 valence electrons. The highest BCUT2D eigenvalue weighted by Crippen LogP contribution is 2.31. The minimum absolute atomic E-state index is 0.0949. The number of hydrogen-bond donors (Lipinski definition) is 2. The smallest absolute Gasteiger partial charge is 0.337 e. The molecule has 2 N–H and O–H groups in total. The highest BCUT2D eigenvalue weighted by atomic mass is 16.4. The highest BCUT2D eigenvalue weighted by molar-refractivity contribution is 5.93. The van der Waals surface area contributed by atoms with Gasteiger partial charge in [0.1, 0.15) is 0 Å². The number of imidazole rings is 1. The Morgan fingerprint density at radius 2 is 1.80 bits per heavy atom. The summed E-state index contributed by atoms with van der Waals surface area (Å²) in [6, 6.07) is 16.8. The molecule has 3 aromatic heterocycles. The molecular weight excluding hydrogens is 506 g/mol. The number of nitrogens with one attached hydrogen (secondary N) is 1. The largest absolute Gasteiger partial charge is 0.478 e. The van der Waals surface area contributed by atoms with Crippen LogP contribution >= 0.6 is 0 Å². The average Bonchev–Trinajstić information content (AvgIpc) is 3.58. The number of aromatic nitrogens is 7. The normalized spacial score (nSPS) is 11.6. The van der Waals surface area contributed by atoms with Gasteiger partial charge >= 0.3 is 11.7 Å². The summed E-state index contributed by atoms with van der Waals surface area (Å²) in [7, 11) is 0. The molecule has 5 aromatic rings. The van der Waals surface area contributed by atoms with Crippen LogP contribution in [0.5, 0.6) is 0 Å². The summed E-state index contributed by atoms with van der Waals surface area (Å²) in [5.41, 5.74) is 4.78. The molecule has 0 amide bonds. The van der Waals surface area contributed by atoms with Gasteiger partial charge in [0, 0.05) is 29.2 Å². The monoisotopic (exact) mass is 537 g/mol. The number of pyridine rings is 1. The molecule has 0 radical (unpaired) electrons. The van der Waals surface area contributed by atoms with Crippen molar-refractivity contribution in [2.24, 2.45) is 0 Å². The zero-order chi connectivity index (χ0) is 28.4. The zero-order valence-electron chi connectivity index (χ0n) is 22.9. The second kappa shape index (κ2) is 10.7. The summed E-state index contributed by atoms with van der Waals surface area (Å²) in [6.45, 7) is 8.33. The van der Waals surface area contributed by atoms with Crippen molar-refractivity contribution in [3.63, 3.8) is 0 Å². The van der Waals surface area contributed by atoms with Crippen molar-refractivity contribution in [3.05, 3.63) is 100.0 Å². The van der Waals surface area contributed by atoms with Gasteiger partial charge in [0.05, 0.1) is 23.5 Å². The molecule has 10 nitrogen and oxygen atoms in total. The first-order valence-corrected chi connectivity index (χ1v) is 13.2. The predicted octanol–water partition coefficient (Wildman–Crippen LogP) is 4.88. The van der Waals surface area contributed by atoms with Crippen LogP contribution < -0.4 is 5.69 Å². The van der Waals surface area contributed by atoms with Gasteiger partial charge in [-0.05, 0) is 40.3 Å². The van der Waals surface area contributed by atoms with E-state index in [0.717, 1.165) is 34.4 Å². The Morgan fingerprint density at radius 3 is 2.42 bits per heavy atom. The van der Waals surface area contributed by atoms with Gasteiger partial charge in [-0.15, -0.1) is 10.2 Å². The third-order valence-corrected chi connectivity index (χ3v) is 6.85. The molecule has 2 aromatic carbocycles. The van der Waals surface area contributed by atoms with Crippen molar-refractivity contribution in [1.29, 1.82) is 0 Å². The number of carboxylic acid groups (broad SMARTS) is 1. The van der Waals surface area contributed by atoms with Crippen LogP contribution in [0.4, 0.5) is 0 Å². The van der Waals surface area contributed by atoms with Gasteiger partial charge in [0.25, 0.3) is 0 Å². The highest BCUT2D eigenvalue weighted by Gasteiger charge is 2.26. The minimum Gasteiger partial charge on any atom is -0.478 e. The van der Waals surface area contributed by atoms with Gasteiger partial charge in [0.15, 0.2) is 0 Å². The lowest BCUT2D eigenvalue weighted by molar-refractivity contribution is 0.0696. The number of H-pyrrole nitrogens is 1. The molecule has 0 fully saturated rings. The van der Waals surface area contributed by atoms with Crippen LogP contribution in [0, 0.1) is 0 Å². The van der Waals surface area contributed by atoms with Gasteiger partial charge in [-0.25, -0.2) is 9.59 Å². The number of nitrogens with zero attached hydrogens (tertiary/aromatic N) is 6. The number of hydrogen-bond acceptors (Lipinski definition) is 6. The third-order valence-electron chi connectivity index (χ3n) is 6.85. The zero-order valence-corrected chi connectivity index (χ0v) is 22.9. The summed E-state index contributed by atoms with van der Waals surface area (Å²) in [5.74, 6) is -0.579. The Morgan fingerprint density at radius 1 is 1.02 bits per heavy atom. The van der Waals surface area contributed by atoms with Crippen molar-refractivity contribution in [2.45, 2.75) is 52.5 Å². The fraction of sp³-hybridized carbons (Fsp3) is 0.267. The van der Waals surface area contributed by atoms with Crippen molar-refractivity contribution < 1.29 is 9.90 Å². The standard InChI is InChI=1S/C30H31N7O3/c1-5-9-21-18-37(26-24(28(38)39)12-8-13-25(26)30(2,3)4)29(40)36(21)17-20-15-14-19(16-31-20)22-10-6-7-11-23(22)27-32-34-35-33-27/h6-8,10-16,18H,5,9,17H2,1-4H3,(H,38,39)(H,32,33,34,35). The topological polar surface area (TPSA) is 132 Å². The molecule has 10 heteroatoms. The van der Waals surface area contributed by atoms with E-state index in [9.17, 15) is 14.7 Å². The Labute approximate surface area is 231 Å². The fourth-order valence-electron chi connectivity index (χ4n) is 4.94. The SMILES string of the molecule is CCCc1cn(-c2c(C(=O)O)cccc2C(C)(C)C)c(=O)n1Cc1ccc(-c2ccccc2-c2nn[nH]n2)cn1. The summed E-state index contributed by atoms with van der Waals surface area (Å²) >= 11 is 0. The van der Waals surface area contributed by atoms with E-state index in [4.69, 9.17) is 0 Å². The number of aryl methyl sites for hydroxylation is 1. The van der Waals surface area contributed by atoms with E-state index in [1.54, 1.807) is 29.1 Å². The van der Waals surface area contributed by atoms with Crippen LogP contribution in [0.2, 0.25) is 0 Å². The van der Waals surface area contributed by atoms with Crippen molar-refractivity contribution in [3.8, 4) is 28.2 Å². The molecule has 0 saturated carbocycles. The lowest BCUT2D eigenvalue weighted by Gasteiger charge is -2.24. The maximum Gasteiger partial charge on any atom is 0.337 e. The van der Waals surface area contributed by atoms with E-state index in [1.165, 1.54) is 4.57 Å². The number of carbonyl (C=O) groups is 1. The maximum atomic E-state index is 13.9. The lowest BCUT2D eigenvalue weighted by Crippen LogP contribution is -2.28. The molecule has 0 spiro atoms. The summed E-state index contributed by atoms with van der Waals surface area (Å²) in [6.07, 6.45) is 5.04. The Balaban J connectivity index is 1.55. The van der Waals surface area contributed by atoms with E-state index in [0.29, 0.717) is 23.6 Å². The van der Waals surface area contributed by atoms with Crippen LogP contribution in [-0.2, 0) is 18.4 Å². The van der Waals surface area contributed by atoms with E-state index in [1.807, 2.05) is 70.2 Å². The second-order valence-electron chi connectivity index (χ2n) is 10.7. The quantitative estimate of drug-likeness (QED) is 0.288. The molecule has 0 bridgehead atoms. The average molecular weight is 538 g/mol. The molecule has 0 aliphatic rings. The number of carboxylic acids is 1. The molecule has 0 atom stereocenters. The van der Waals surface area contributed by atoms with Gasteiger partial charge in [0.2, 0.25) is 5.82 Å². The Bertz CT molecular complexity index is 1710. The molecule has 0 saturated heterocycles. The molecule has 3 heterocycles. The molecule has 0 aliphatic carbocycles. The third kappa shape index (κ3) is 5.07. The number of aromatic carboxylic acids is 1. The molecular formula is C30H31N7O3. The fourth-order valence-corrected chi connectivity index (χ4v) is 4.94. The number of tetrazole rings is 1. The molecule has 0 unspecified atom stereocenters. The van der Waals surface area contributed by atoms with Crippen molar-refractivity contribution in [2.75, 3.05) is 0 Å². The maximum absolute atomic E-state index is 13.9. The number of aromatic amines is 1. The summed E-state index contributed by atoms with van der Waals surface area (Å²) in [5, 5.41) is 24.3. The van der Waals surface area contributed by atoms with Gasteiger partial charge in [-0.2, -0.15) is 5.21 Å². The van der Waals surface area contributed by atoms with E-state index in [-0.39, 0.29) is 23.2 Å². The number of para-hydroxylation sites is 1. The van der Waals surface area contributed by atoms with E-state index in [2.05, 4.69) is 25.6 Å². The van der Waals surface area contributed by atoms with Gasteiger partial charge in [-0.1, -0.05) is 76.6 Å². The lowest BCUT2D eigenvalue weighted by atomic mass is 9.84. The number of rotatable bonds is 8. The van der Waals surface area contributed by atoms with Crippen molar-refractivity contribution >= 4 is 5.97 Å². The molecule has 40 heavy (non-hydrogen) atoms. The summed E-state index contributed by atoms with van der Waals surface area (Å²) in [4.78, 5) is 30.7. The van der Waals surface area contributed by atoms with Gasteiger partial charge in [-0.3, -0.25) is 14.1 Å². The Kier molecular flexibility index (Phi) is 7.17. The molecule has 0 aliphatic heterocycles. The van der Waals surface area contributed by atoms with Crippen LogP contribution in [-0.4, -0.2) is 45.8 Å². The first kappa shape index (κ1) is 26.7. The first-order chi connectivity index (χ1) is 19.2. The van der Waals surface area contributed by atoms with Crippen LogP contribution in [0.3, 0.4) is 0 Å². The van der Waals surface area contributed by atoms with Crippen LogP contribution in [0.25, 0.3) is 28.2 Å². The Hall–Kier alpha value is -4.86. The summed E-state index contributed by atoms with van der Waals surface area (Å²) < 4.78 is 3.17. The van der Waals surface area contributed by atoms with Crippen LogP contribution in [0.1, 0.15) is 61.4 Å². The van der Waals surface area contributed by atoms with E-state index >= 15 is 0 Å². The minimum atomic E-state index is -1.07. The molecule has 5 rings (SSSR count). The van der Waals surface area contributed by atoms with Crippen LogP contribution in [0.15, 0.2) is 71.8 Å². The second-order valence-corrected chi connectivity index (χ2v) is 10.7. The van der Waals surface area contributed by atoms with E-state index < -0.39 is 5.97 Å². The predicted molar refractivity (Wildman–Crippen MR) is 152 cm³/mol. The van der Waals surface area contributed by atoms with Gasteiger partial charge < -0.3 is 5.11 Å². The van der Waals surface area contributed by atoms with Crippen molar-refractivity contribution in [1.82, 2.24) is 34.7 Å². The first-order valence-electron chi connectivity index (χ1n) is 13.2.